The van der Waals surface area contributed by atoms with Crippen molar-refractivity contribution >= 4 is 5.91 Å². The quantitative estimate of drug-likeness (QED) is 0.816. The number of ether oxygens (including phenoxy) is 1. The number of hydrogen-bond donors (Lipinski definition) is 0. The van der Waals surface area contributed by atoms with Gasteiger partial charge < -0.3 is 9.64 Å². The standard InChI is InChI=1S/C16H21NO2/c1-11-9-19-10-12(2)17(11)16(18)15-8-14(15)13-6-4-3-5-7-13/h3-7,11-12,14-15H,8-10H2,1-2H3. The second-order valence-corrected chi connectivity index (χ2v) is 5.84. The molecule has 1 heterocycles. The van der Waals surface area contributed by atoms with E-state index in [9.17, 15) is 4.79 Å². The van der Waals surface area contributed by atoms with E-state index < -0.39 is 0 Å². The van der Waals surface area contributed by atoms with Crippen LogP contribution >= 0.6 is 0 Å². The van der Waals surface area contributed by atoms with E-state index in [4.69, 9.17) is 4.74 Å². The number of amides is 1. The van der Waals surface area contributed by atoms with Crippen LogP contribution in [0.25, 0.3) is 0 Å². The lowest BCUT2D eigenvalue weighted by Crippen LogP contribution is -2.53. The van der Waals surface area contributed by atoms with Gasteiger partial charge in [-0.25, -0.2) is 0 Å². The molecule has 1 aromatic rings. The van der Waals surface area contributed by atoms with Crippen molar-refractivity contribution in [3.63, 3.8) is 0 Å². The Morgan fingerprint density at radius 2 is 1.79 bits per heavy atom. The molecule has 0 radical (unpaired) electrons. The number of benzene rings is 1. The average molecular weight is 259 g/mol. The second-order valence-electron chi connectivity index (χ2n) is 5.84. The number of carbonyl (C=O) groups excluding carboxylic acids is 1. The second kappa shape index (κ2) is 4.97. The zero-order chi connectivity index (χ0) is 13.4. The van der Waals surface area contributed by atoms with E-state index in [0.29, 0.717) is 25.0 Å². The molecule has 0 aromatic heterocycles. The highest BCUT2D eigenvalue weighted by molar-refractivity contribution is 5.83. The van der Waals surface area contributed by atoms with E-state index in [1.807, 2.05) is 11.0 Å². The summed E-state index contributed by atoms with van der Waals surface area (Å²) in [5.74, 6) is 0.929. The third-order valence-corrected chi connectivity index (χ3v) is 4.26. The van der Waals surface area contributed by atoms with Gasteiger partial charge in [0.25, 0.3) is 0 Å². The summed E-state index contributed by atoms with van der Waals surface area (Å²) < 4.78 is 5.49. The van der Waals surface area contributed by atoms with Gasteiger partial charge >= 0.3 is 0 Å². The topological polar surface area (TPSA) is 29.5 Å². The van der Waals surface area contributed by atoms with Crippen molar-refractivity contribution in [1.82, 2.24) is 4.90 Å². The van der Waals surface area contributed by atoms with Gasteiger partial charge in [0.2, 0.25) is 5.91 Å². The molecule has 2 aliphatic rings. The predicted octanol–water partition coefficient (Wildman–Crippen LogP) is 2.43. The van der Waals surface area contributed by atoms with Gasteiger partial charge in [-0.1, -0.05) is 30.3 Å². The zero-order valence-electron chi connectivity index (χ0n) is 11.6. The van der Waals surface area contributed by atoms with Gasteiger partial charge in [0.1, 0.15) is 0 Å². The van der Waals surface area contributed by atoms with Gasteiger partial charge in [0, 0.05) is 5.92 Å². The largest absolute Gasteiger partial charge is 0.377 e. The van der Waals surface area contributed by atoms with Crippen LogP contribution in [-0.2, 0) is 9.53 Å². The molecule has 1 amide bonds. The maximum atomic E-state index is 12.6. The van der Waals surface area contributed by atoms with Crippen molar-refractivity contribution in [2.45, 2.75) is 38.3 Å². The Hall–Kier alpha value is -1.35. The Labute approximate surface area is 114 Å². The lowest BCUT2D eigenvalue weighted by atomic mass is 10.1. The summed E-state index contributed by atoms with van der Waals surface area (Å²) in [5, 5.41) is 0. The van der Waals surface area contributed by atoms with Crippen molar-refractivity contribution in [3.05, 3.63) is 35.9 Å². The summed E-state index contributed by atoms with van der Waals surface area (Å²) in [6, 6.07) is 10.8. The molecule has 4 atom stereocenters. The number of hydrogen-bond acceptors (Lipinski definition) is 2. The highest BCUT2D eigenvalue weighted by Crippen LogP contribution is 2.48. The molecule has 4 unspecified atom stereocenters. The summed E-state index contributed by atoms with van der Waals surface area (Å²) in [6.07, 6.45) is 1.000. The molecule has 0 N–H and O–H groups in total. The first-order chi connectivity index (χ1) is 9.18. The molecule has 1 saturated carbocycles. The maximum Gasteiger partial charge on any atom is 0.226 e. The van der Waals surface area contributed by atoms with Gasteiger partial charge in [-0.15, -0.1) is 0 Å². The molecule has 1 saturated heterocycles. The van der Waals surface area contributed by atoms with Crippen molar-refractivity contribution in [1.29, 1.82) is 0 Å². The maximum absolute atomic E-state index is 12.6. The van der Waals surface area contributed by atoms with Crippen LogP contribution in [0.1, 0.15) is 31.7 Å². The molecule has 3 nitrogen and oxygen atoms in total. The first-order valence-corrected chi connectivity index (χ1v) is 7.13. The van der Waals surface area contributed by atoms with E-state index in [1.165, 1.54) is 5.56 Å². The summed E-state index contributed by atoms with van der Waals surface area (Å²) >= 11 is 0. The van der Waals surface area contributed by atoms with E-state index in [2.05, 4.69) is 38.1 Å². The molecule has 1 aromatic carbocycles. The molecule has 102 valence electrons. The van der Waals surface area contributed by atoms with Crippen molar-refractivity contribution in [3.8, 4) is 0 Å². The minimum Gasteiger partial charge on any atom is -0.377 e. The van der Waals surface area contributed by atoms with Crippen LogP contribution in [-0.4, -0.2) is 36.1 Å². The highest BCUT2D eigenvalue weighted by Gasteiger charge is 2.47. The molecule has 1 aliphatic heterocycles. The highest BCUT2D eigenvalue weighted by atomic mass is 16.5. The van der Waals surface area contributed by atoms with Crippen LogP contribution < -0.4 is 0 Å². The van der Waals surface area contributed by atoms with Crippen LogP contribution in [0.3, 0.4) is 0 Å². The molecule has 3 rings (SSSR count). The van der Waals surface area contributed by atoms with E-state index in [1.54, 1.807) is 0 Å². The van der Waals surface area contributed by atoms with Crippen LogP contribution in [0.5, 0.6) is 0 Å². The average Bonchev–Trinajstić information content (AvgIpc) is 3.19. The fraction of sp³-hybridized carbons (Fsp3) is 0.562. The molecule has 1 aliphatic carbocycles. The van der Waals surface area contributed by atoms with E-state index in [0.717, 1.165) is 6.42 Å². The monoisotopic (exact) mass is 259 g/mol. The number of rotatable bonds is 2. The number of nitrogens with zero attached hydrogens (tertiary/aromatic N) is 1. The lowest BCUT2D eigenvalue weighted by Gasteiger charge is -2.39. The molecular weight excluding hydrogens is 238 g/mol. The van der Waals surface area contributed by atoms with Crippen molar-refractivity contribution < 1.29 is 9.53 Å². The smallest absolute Gasteiger partial charge is 0.226 e. The Morgan fingerprint density at radius 1 is 1.16 bits per heavy atom. The fourth-order valence-electron chi connectivity index (χ4n) is 3.17. The minimum atomic E-state index is 0.186. The summed E-state index contributed by atoms with van der Waals surface area (Å²) in [4.78, 5) is 14.7. The number of morpholine rings is 1. The number of carbonyl (C=O) groups is 1. The van der Waals surface area contributed by atoms with Crippen molar-refractivity contribution in [2.24, 2.45) is 5.92 Å². The minimum absolute atomic E-state index is 0.186. The summed E-state index contributed by atoms with van der Waals surface area (Å²) in [5.41, 5.74) is 1.30. The third-order valence-electron chi connectivity index (χ3n) is 4.26. The molecule has 19 heavy (non-hydrogen) atoms. The third kappa shape index (κ3) is 2.39. The van der Waals surface area contributed by atoms with Crippen LogP contribution in [0.4, 0.5) is 0 Å². The van der Waals surface area contributed by atoms with Gasteiger partial charge in [0.15, 0.2) is 0 Å². The first-order valence-electron chi connectivity index (χ1n) is 7.13. The predicted molar refractivity (Wildman–Crippen MR) is 73.9 cm³/mol. The molecule has 3 heteroatoms. The SMILES string of the molecule is CC1COCC(C)N1C(=O)C1CC1c1ccccc1. The Bertz CT molecular complexity index is 449. The summed E-state index contributed by atoms with van der Waals surface area (Å²) in [7, 11) is 0. The van der Waals surface area contributed by atoms with Crippen LogP contribution in [0.2, 0.25) is 0 Å². The Morgan fingerprint density at radius 3 is 2.42 bits per heavy atom. The van der Waals surface area contributed by atoms with Crippen LogP contribution in [0, 0.1) is 5.92 Å². The van der Waals surface area contributed by atoms with Gasteiger partial charge in [-0.2, -0.15) is 0 Å². The van der Waals surface area contributed by atoms with E-state index >= 15 is 0 Å². The van der Waals surface area contributed by atoms with Crippen LogP contribution in [0.15, 0.2) is 30.3 Å². The van der Waals surface area contributed by atoms with Gasteiger partial charge in [0.05, 0.1) is 25.3 Å². The fourth-order valence-corrected chi connectivity index (χ4v) is 3.17. The van der Waals surface area contributed by atoms with E-state index in [-0.39, 0.29) is 18.0 Å². The molecular formula is C16H21NO2. The lowest BCUT2D eigenvalue weighted by molar-refractivity contribution is -0.145. The first kappa shape index (κ1) is 12.7. The molecule has 0 spiro atoms. The summed E-state index contributed by atoms with van der Waals surface area (Å²) in [6.45, 7) is 5.48. The molecule has 2 fully saturated rings. The molecule has 0 bridgehead atoms. The zero-order valence-corrected chi connectivity index (χ0v) is 11.6. The van der Waals surface area contributed by atoms with Gasteiger partial charge in [-0.05, 0) is 31.7 Å². The van der Waals surface area contributed by atoms with Crippen molar-refractivity contribution in [2.75, 3.05) is 13.2 Å². The Balaban J connectivity index is 1.69. The van der Waals surface area contributed by atoms with Gasteiger partial charge in [-0.3, -0.25) is 4.79 Å². The normalized spacial score (nSPS) is 34.1. The Kier molecular flexibility index (Phi) is 3.31.